The minimum absolute atomic E-state index is 0.472. The maximum atomic E-state index is 11.6. The van der Waals surface area contributed by atoms with Gasteiger partial charge in [-0.3, -0.25) is 4.79 Å². The number of aliphatic hydroxyl groups excluding tert-OH is 1. The fourth-order valence-corrected chi connectivity index (χ4v) is 2.76. The number of rotatable bonds is 3. The molecule has 0 fully saturated rings. The summed E-state index contributed by atoms with van der Waals surface area (Å²) in [5.41, 5.74) is 1.83. The summed E-state index contributed by atoms with van der Waals surface area (Å²) in [6, 6.07) is 6.90. The van der Waals surface area contributed by atoms with Crippen molar-refractivity contribution in [2.24, 2.45) is 0 Å². The zero-order valence-corrected chi connectivity index (χ0v) is 10.8. The molecular formula is C12H15NO4S. The molecule has 6 heteroatoms. The Morgan fingerprint density at radius 2 is 2.11 bits per heavy atom. The van der Waals surface area contributed by atoms with E-state index in [0.29, 0.717) is 6.42 Å². The number of sulfone groups is 1. The van der Waals surface area contributed by atoms with Gasteiger partial charge < -0.3 is 10.4 Å². The van der Waals surface area contributed by atoms with Crippen LogP contribution in [0.2, 0.25) is 0 Å². The second-order valence-electron chi connectivity index (χ2n) is 4.59. The number of hydrogen-bond acceptors (Lipinski definition) is 4. The van der Waals surface area contributed by atoms with Crippen LogP contribution in [-0.4, -0.2) is 37.5 Å². The van der Waals surface area contributed by atoms with Crippen LogP contribution >= 0.6 is 0 Å². The summed E-state index contributed by atoms with van der Waals surface area (Å²) >= 11 is 0. The lowest BCUT2D eigenvalue weighted by molar-refractivity contribution is -0.120. The molecule has 0 saturated carbocycles. The molecule has 1 aliphatic carbocycles. The van der Waals surface area contributed by atoms with E-state index in [1.165, 1.54) is 0 Å². The molecule has 0 bridgehead atoms. The zero-order chi connectivity index (χ0) is 13.3. The Kier molecular flexibility index (Phi) is 3.41. The van der Waals surface area contributed by atoms with Crippen LogP contribution in [0.1, 0.15) is 17.2 Å². The Balaban J connectivity index is 2.13. The number of aliphatic hydroxyl groups is 1. The Hall–Kier alpha value is -1.40. The summed E-state index contributed by atoms with van der Waals surface area (Å²) in [5, 5.41) is 12.5. The fourth-order valence-electron chi connectivity index (χ4n) is 2.20. The van der Waals surface area contributed by atoms with Gasteiger partial charge in [-0.2, -0.15) is 0 Å². The highest BCUT2D eigenvalue weighted by Crippen LogP contribution is 2.31. The number of carbonyl (C=O) groups is 1. The van der Waals surface area contributed by atoms with Gasteiger partial charge in [0.15, 0.2) is 9.84 Å². The van der Waals surface area contributed by atoms with Gasteiger partial charge in [0.05, 0.1) is 12.1 Å². The van der Waals surface area contributed by atoms with Crippen LogP contribution in [0.5, 0.6) is 0 Å². The van der Waals surface area contributed by atoms with Crippen molar-refractivity contribution < 1.29 is 18.3 Å². The van der Waals surface area contributed by atoms with Crippen LogP contribution in [0.15, 0.2) is 24.3 Å². The predicted molar refractivity (Wildman–Crippen MR) is 66.7 cm³/mol. The first-order valence-electron chi connectivity index (χ1n) is 5.60. The molecule has 98 valence electrons. The molecule has 2 atom stereocenters. The number of fused-ring (bicyclic) bond motifs is 1. The number of hydrogen-bond donors (Lipinski definition) is 2. The van der Waals surface area contributed by atoms with Gasteiger partial charge in [0.1, 0.15) is 5.75 Å². The standard InChI is InChI=1S/C12H15NO4S/c1-18(16,17)7-11(15)13-12-9-5-3-2-4-8(9)6-10(12)14/h2-5,10,12,14H,6-7H2,1H3,(H,13,15). The van der Waals surface area contributed by atoms with E-state index in [1.54, 1.807) is 0 Å². The zero-order valence-electron chi connectivity index (χ0n) is 9.96. The lowest BCUT2D eigenvalue weighted by Gasteiger charge is -2.17. The summed E-state index contributed by atoms with van der Waals surface area (Å²) < 4.78 is 22.0. The van der Waals surface area contributed by atoms with Crippen LogP contribution in [-0.2, 0) is 21.1 Å². The third-order valence-corrected chi connectivity index (χ3v) is 3.70. The third kappa shape index (κ3) is 2.88. The summed E-state index contributed by atoms with van der Waals surface area (Å²) in [6.07, 6.45) is 0.775. The van der Waals surface area contributed by atoms with Gasteiger partial charge in [-0.15, -0.1) is 0 Å². The highest BCUT2D eigenvalue weighted by molar-refractivity contribution is 7.91. The molecule has 1 aliphatic rings. The molecule has 0 spiro atoms. The number of amides is 1. The molecule has 2 rings (SSSR count). The van der Waals surface area contributed by atoms with Crippen LogP contribution in [0.4, 0.5) is 0 Å². The molecule has 0 radical (unpaired) electrons. The first-order valence-corrected chi connectivity index (χ1v) is 7.66. The van der Waals surface area contributed by atoms with E-state index in [0.717, 1.165) is 17.4 Å². The summed E-state index contributed by atoms with van der Waals surface area (Å²) in [4.78, 5) is 11.6. The van der Waals surface area contributed by atoms with Gasteiger partial charge in [0, 0.05) is 12.7 Å². The van der Waals surface area contributed by atoms with Crippen molar-refractivity contribution in [3.8, 4) is 0 Å². The van der Waals surface area contributed by atoms with Crippen molar-refractivity contribution in [3.63, 3.8) is 0 Å². The lowest BCUT2D eigenvalue weighted by atomic mass is 10.1. The maximum Gasteiger partial charge on any atom is 0.235 e. The molecule has 0 aromatic heterocycles. The molecule has 1 aromatic rings. The van der Waals surface area contributed by atoms with Crippen LogP contribution in [0, 0.1) is 0 Å². The molecule has 1 amide bonds. The van der Waals surface area contributed by atoms with Gasteiger partial charge in [-0.25, -0.2) is 8.42 Å². The smallest absolute Gasteiger partial charge is 0.235 e. The predicted octanol–water partition coefficient (Wildman–Crippen LogP) is -0.195. The van der Waals surface area contributed by atoms with E-state index in [2.05, 4.69) is 5.32 Å². The minimum atomic E-state index is -3.35. The van der Waals surface area contributed by atoms with E-state index >= 15 is 0 Å². The normalized spacial score (nSPS) is 22.6. The van der Waals surface area contributed by atoms with Crippen LogP contribution in [0.3, 0.4) is 0 Å². The summed E-state index contributed by atoms with van der Waals surface area (Å²) in [6.45, 7) is 0. The van der Waals surface area contributed by atoms with Crippen molar-refractivity contribution in [2.45, 2.75) is 18.6 Å². The third-order valence-electron chi connectivity index (χ3n) is 2.91. The number of nitrogens with one attached hydrogen (secondary N) is 1. The Bertz CT molecular complexity index is 567. The van der Waals surface area contributed by atoms with Crippen molar-refractivity contribution in [1.29, 1.82) is 0 Å². The van der Waals surface area contributed by atoms with E-state index in [1.807, 2.05) is 24.3 Å². The molecule has 0 heterocycles. The first kappa shape index (κ1) is 13.0. The van der Waals surface area contributed by atoms with E-state index in [-0.39, 0.29) is 0 Å². The quantitative estimate of drug-likeness (QED) is 0.796. The highest BCUT2D eigenvalue weighted by atomic mass is 32.2. The average molecular weight is 269 g/mol. The lowest BCUT2D eigenvalue weighted by Crippen LogP contribution is -2.37. The molecule has 0 aliphatic heterocycles. The highest BCUT2D eigenvalue weighted by Gasteiger charge is 2.32. The molecule has 1 aromatic carbocycles. The van der Waals surface area contributed by atoms with Gasteiger partial charge in [-0.05, 0) is 11.1 Å². The SMILES string of the molecule is CS(=O)(=O)CC(=O)NC1c2ccccc2CC1O. The Morgan fingerprint density at radius 1 is 1.44 bits per heavy atom. The van der Waals surface area contributed by atoms with Gasteiger partial charge >= 0.3 is 0 Å². The number of carbonyl (C=O) groups excluding carboxylic acids is 1. The molecule has 2 unspecified atom stereocenters. The van der Waals surface area contributed by atoms with Crippen molar-refractivity contribution in [3.05, 3.63) is 35.4 Å². The molecule has 0 saturated heterocycles. The summed E-state index contributed by atoms with van der Waals surface area (Å²) in [5.74, 6) is -1.14. The molecular weight excluding hydrogens is 254 g/mol. The van der Waals surface area contributed by atoms with Crippen LogP contribution < -0.4 is 5.32 Å². The molecule has 18 heavy (non-hydrogen) atoms. The van der Waals surface area contributed by atoms with Crippen molar-refractivity contribution in [1.82, 2.24) is 5.32 Å². The van der Waals surface area contributed by atoms with E-state index < -0.39 is 33.6 Å². The largest absolute Gasteiger partial charge is 0.390 e. The average Bonchev–Trinajstić information content (AvgIpc) is 2.53. The minimum Gasteiger partial charge on any atom is -0.390 e. The Labute approximate surface area is 106 Å². The van der Waals surface area contributed by atoms with Crippen molar-refractivity contribution >= 4 is 15.7 Å². The van der Waals surface area contributed by atoms with Crippen molar-refractivity contribution in [2.75, 3.05) is 12.0 Å². The van der Waals surface area contributed by atoms with E-state index in [4.69, 9.17) is 0 Å². The fraction of sp³-hybridized carbons (Fsp3) is 0.417. The van der Waals surface area contributed by atoms with Gasteiger partial charge in [-0.1, -0.05) is 24.3 Å². The molecule has 5 nitrogen and oxygen atoms in total. The van der Waals surface area contributed by atoms with Gasteiger partial charge in [0.2, 0.25) is 5.91 Å². The van der Waals surface area contributed by atoms with Crippen LogP contribution in [0.25, 0.3) is 0 Å². The number of benzene rings is 1. The second-order valence-corrected chi connectivity index (χ2v) is 6.73. The first-order chi connectivity index (χ1) is 8.37. The Morgan fingerprint density at radius 3 is 2.78 bits per heavy atom. The topological polar surface area (TPSA) is 83.5 Å². The maximum absolute atomic E-state index is 11.6. The molecule has 2 N–H and O–H groups in total. The second kappa shape index (κ2) is 4.70. The van der Waals surface area contributed by atoms with E-state index in [9.17, 15) is 18.3 Å². The summed E-state index contributed by atoms with van der Waals surface area (Å²) in [7, 11) is -3.35. The van der Waals surface area contributed by atoms with Gasteiger partial charge in [0.25, 0.3) is 0 Å². The monoisotopic (exact) mass is 269 g/mol.